The lowest BCUT2D eigenvalue weighted by Gasteiger charge is -2.31. The molecule has 3 N–H and O–H groups in total. The van der Waals surface area contributed by atoms with Crippen molar-refractivity contribution in [3.63, 3.8) is 0 Å². The van der Waals surface area contributed by atoms with Crippen molar-refractivity contribution in [2.45, 2.75) is 51.0 Å². The highest BCUT2D eigenvalue weighted by Crippen LogP contribution is 2.35. The Morgan fingerprint density at radius 1 is 1.32 bits per heavy atom. The van der Waals surface area contributed by atoms with Gasteiger partial charge in [-0.05, 0) is 58.8 Å². The molecule has 3 heterocycles. The van der Waals surface area contributed by atoms with Gasteiger partial charge in [0.05, 0.1) is 16.8 Å². The molecule has 1 aliphatic carbocycles. The van der Waals surface area contributed by atoms with E-state index in [1.807, 2.05) is 6.07 Å². The number of aliphatic hydroxyl groups excluding tert-OH is 1. The summed E-state index contributed by atoms with van der Waals surface area (Å²) in [5.41, 5.74) is 2.68. The van der Waals surface area contributed by atoms with Gasteiger partial charge in [-0.1, -0.05) is 6.07 Å². The van der Waals surface area contributed by atoms with E-state index in [4.69, 9.17) is 9.15 Å². The van der Waals surface area contributed by atoms with Crippen LogP contribution in [0, 0.1) is 0 Å². The monoisotopic (exact) mass is 590 g/mol. The first-order valence-corrected chi connectivity index (χ1v) is 12.9. The van der Waals surface area contributed by atoms with Gasteiger partial charge in [0.2, 0.25) is 0 Å². The standard InChI is InChI=1S/C25H29BrN6O4.H2S/c26-24-20-6-7-32(11-16(20)4-5-22(24)35-13-19-10-27-15-36-19)12-18(33)9-28-25(34)21-8-23(30-14-29-21)31-17-2-1-3-17;/h4-5,8,10,14-15,17-18,33H,1-3,6-7,9,11-13H2,(H,28,34)(H,29,30,31);1H2/t18-;/m0./s1. The number of nitrogens with zero attached hydrogens (tertiary/aromatic N) is 4. The van der Waals surface area contributed by atoms with E-state index in [2.05, 4.69) is 52.5 Å². The molecule has 0 spiro atoms. The highest BCUT2D eigenvalue weighted by molar-refractivity contribution is 9.10. The highest BCUT2D eigenvalue weighted by Gasteiger charge is 2.23. The van der Waals surface area contributed by atoms with Gasteiger partial charge in [-0.15, -0.1) is 0 Å². The van der Waals surface area contributed by atoms with E-state index in [1.165, 1.54) is 30.3 Å². The van der Waals surface area contributed by atoms with Crippen molar-refractivity contribution >= 4 is 41.2 Å². The first-order chi connectivity index (χ1) is 17.5. The Morgan fingerprint density at radius 3 is 2.95 bits per heavy atom. The summed E-state index contributed by atoms with van der Waals surface area (Å²) in [6.45, 7) is 2.43. The minimum absolute atomic E-state index is 0. The van der Waals surface area contributed by atoms with Crippen LogP contribution in [0.3, 0.4) is 0 Å². The maximum absolute atomic E-state index is 12.5. The van der Waals surface area contributed by atoms with Gasteiger partial charge >= 0.3 is 0 Å². The number of carbonyl (C=O) groups is 1. The van der Waals surface area contributed by atoms with Crippen LogP contribution in [0.2, 0.25) is 0 Å². The summed E-state index contributed by atoms with van der Waals surface area (Å²) >= 11 is 3.69. The van der Waals surface area contributed by atoms with Crippen LogP contribution in [0.25, 0.3) is 0 Å². The second-order valence-corrected chi connectivity index (χ2v) is 9.97. The molecule has 1 aliphatic heterocycles. The number of hydrogen-bond donors (Lipinski definition) is 3. The number of aliphatic hydroxyl groups is 1. The van der Waals surface area contributed by atoms with Gasteiger partial charge < -0.3 is 24.9 Å². The van der Waals surface area contributed by atoms with Gasteiger partial charge in [0.15, 0.2) is 12.2 Å². The Labute approximate surface area is 230 Å². The molecule has 37 heavy (non-hydrogen) atoms. The van der Waals surface area contributed by atoms with Crippen molar-refractivity contribution < 1.29 is 19.1 Å². The smallest absolute Gasteiger partial charge is 0.270 e. The van der Waals surface area contributed by atoms with Gasteiger partial charge in [0.25, 0.3) is 5.91 Å². The van der Waals surface area contributed by atoms with Crippen molar-refractivity contribution in [3.05, 3.63) is 64.2 Å². The second kappa shape index (κ2) is 12.7. The topological polar surface area (TPSA) is 126 Å². The van der Waals surface area contributed by atoms with Crippen LogP contribution in [-0.2, 0) is 19.6 Å². The summed E-state index contributed by atoms with van der Waals surface area (Å²) in [6.07, 6.45) is 7.99. The van der Waals surface area contributed by atoms with E-state index in [0.29, 0.717) is 37.3 Å². The molecule has 0 radical (unpaired) electrons. The van der Waals surface area contributed by atoms with E-state index in [0.717, 1.165) is 36.0 Å². The fourth-order valence-corrected chi connectivity index (χ4v) is 5.06. The summed E-state index contributed by atoms with van der Waals surface area (Å²) in [5, 5.41) is 16.7. The summed E-state index contributed by atoms with van der Waals surface area (Å²) < 4.78 is 12.1. The average Bonchev–Trinajstić information content (AvgIpc) is 3.38. The maximum Gasteiger partial charge on any atom is 0.270 e. The fourth-order valence-electron chi connectivity index (χ4n) is 4.36. The van der Waals surface area contributed by atoms with Crippen LogP contribution in [-0.4, -0.2) is 62.6 Å². The number of anilines is 1. The van der Waals surface area contributed by atoms with Crippen molar-refractivity contribution in [1.82, 2.24) is 25.2 Å². The Balaban J connectivity index is 0.00000320. The van der Waals surface area contributed by atoms with Gasteiger partial charge in [-0.2, -0.15) is 13.5 Å². The Kier molecular flexibility index (Phi) is 9.41. The third kappa shape index (κ3) is 7.01. The zero-order valence-corrected chi connectivity index (χ0v) is 22.9. The van der Waals surface area contributed by atoms with E-state index in [1.54, 1.807) is 12.3 Å². The third-order valence-electron chi connectivity index (χ3n) is 6.55. The molecule has 3 aromatic rings. The number of rotatable bonds is 10. The number of fused-ring (bicyclic) bond motifs is 1. The molecule has 198 valence electrons. The minimum Gasteiger partial charge on any atom is -0.484 e. The number of halogens is 1. The van der Waals surface area contributed by atoms with Gasteiger partial charge in [-0.25, -0.2) is 15.0 Å². The van der Waals surface area contributed by atoms with Gasteiger partial charge in [0.1, 0.15) is 30.2 Å². The molecule has 1 aromatic carbocycles. The van der Waals surface area contributed by atoms with Gasteiger partial charge in [0, 0.05) is 38.3 Å². The Hall–Kier alpha value is -2.67. The van der Waals surface area contributed by atoms with E-state index >= 15 is 0 Å². The molecule has 0 unspecified atom stereocenters. The van der Waals surface area contributed by atoms with Crippen molar-refractivity contribution in [1.29, 1.82) is 0 Å². The van der Waals surface area contributed by atoms with E-state index in [-0.39, 0.29) is 31.6 Å². The average molecular weight is 592 g/mol. The minimum atomic E-state index is -0.696. The number of benzene rings is 1. The first kappa shape index (κ1) is 27.4. The molecule has 12 heteroatoms. The molecule has 5 rings (SSSR count). The fraction of sp³-hybridized carbons (Fsp3) is 0.440. The molecule has 2 aromatic heterocycles. The number of amides is 1. The number of aromatic nitrogens is 3. The molecular weight excluding hydrogens is 560 g/mol. The summed E-state index contributed by atoms with van der Waals surface area (Å²) in [4.78, 5) is 26.9. The largest absolute Gasteiger partial charge is 0.484 e. The molecule has 1 fully saturated rings. The summed E-state index contributed by atoms with van der Waals surface area (Å²) in [5.74, 6) is 1.76. The number of nitrogens with one attached hydrogen (secondary N) is 2. The Bertz CT molecular complexity index is 1190. The molecule has 0 saturated heterocycles. The highest BCUT2D eigenvalue weighted by atomic mass is 79.9. The maximum atomic E-state index is 12.5. The molecule has 10 nitrogen and oxygen atoms in total. The lowest BCUT2D eigenvalue weighted by Crippen LogP contribution is -2.42. The predicted octanol–water partition coefficient (Wildman–Crippen LogP) is 3.03. The molecule has 1 atom stereocenters. The lowest BCUT2D eigenvalue weighted by molar-refractivity contribution is 0.0837. The zero-order valence-electron chi connectivity index (χ0n) is 20.3. The van der Waals surface area contributed by atoms with Crippen LogP contribution in [0.4, 0.5) is 5.82 Å². The van der Waals surface area contributed by atoms with Crippen molar-refractivity contribution in [2.75, 3.05) is 25.0 Å². The number of oxazole rings is 1. The molecule has 1 amide bonds. The molecule has 1 saturated carbocycles. The van der Waals surface area contributed by atoms with Crippen LogP contribution in [0.15, 0.2) is 46.0 Å². The number of ether oxygens (including phenoxy) is 1. The van der Waals surface area contributed by atoms with E-state index < -0.39 is 6.10 Å². The zero-order chi connectivity index (χ0) is 24.9. The van der Waals surface area contributed by atoms with Crippen LogP contribution >= 0.6 is 29.4 Å². The molecular formula is C25H31BrN6O4S. The van der Waals surface area contributed by atoms with Gasteiger partial charge in [-0.3, -0.25) is 9.69 Å². The lowest BCUT2D eigenvalue weighted by atomic mass is 9.93. The normalized spacial score (nSPS) is 16.2. The number of β-amino-alcohol motifs (C(OH)–C–C–N with tert-alkyl or cyclic N) is 1. The SMILES string of the molecule is O=C(NC[C@H](O)CN1CCc2c(ccc(OCc3cnco3)c2Br)C1)c1cc(NC2CCC2)ncn1.S. The van der Waals surface area contributed by atoms with E-state index in [9.17, 15) is 9.90 Å². The quantitative estimate of drug-likeness (QED) is 0.326. The summed E-state index contributed by atoms with van der Waals surface area (Å²) in [6, 6.07) is 6.07. The van der Waals surface area contributed by atoms with Crippen molar-refractivity contribution in [2.24, 2.45) is 0 Å². The predicted molar refractivity (Wildman–Crippen MR) is 146 cm³/mol. The van der Waals surface area contributed by atoms with Crippen LogP contribution < -0.4 is 15.4 Å². The summed E-state index contributed by atoms with van der Waals surface area (Å²) in [7, 11) is 0. The number of hydrogen-bond acceptors (Lipinski definition) is 9. The number of carbonyl (C=O) groups excluding carboxylic acids is 1. The van der Waals surface area contributed by atoms with Crippen LogP contribution in [0.1, 0.15) is 46.6 Å². The van der Waals surface area contributed by atoms with Crippen molar-refractivity contribution in [3.8, 4) is 5.75 Å². The second-order valence-electron chi connectivity index (χ2n) is 9.18. The molecule has 0 bridgehead atoms. The van der Waals surface area contributed by atoms with Crippen LogP contribution in [0.5, 0.6) is 5.75 Å². The first-order valence-electron chi connectivity index (χ1n) is 12.1. The third-order valence-corrected chi connectivity index (χ3v) is 7.42. The molecule has 2 aliphatic rings. The Morgan fingerprint density at radius 2 is 2.19 bits per heavy atom.